The van der Waals surface area contributed by atoms with Crippen LogP contribution in [0.4, 0.5) is 0 Å². The van der Waals surface area contributed by atoms with E-state index in [0.29, 0.717) is 25.9 Å². The third-order valence-corrected chi connectivity index (χ3v) is 10.5. The highest BCUT2D eigenvalue weighted by Gasteiger charge is 2.39. The zero-order valence-electron chi connectivity index (χ0n) is 25.2. The molecule has 0 aromatic rings. The van der Waals surface area contributed by atoms with Gasteiger partial charge in [-0.25, -0.2) is 0 Å². The quantitative estimate of drug-likeness (QED) is 0.0494. The topological polar surface area (TPSA) is 49.5 Å². The molecule has 0 aliphatic carbocycles. The number of hydrogen-bond donors (Lipinski definition) is 0. The predicted octanol–water partition coefficient (Wildman–Crippen LogP) is 9.25. The van der Waals surface area contributed by atoms with Gasteiger partial charge in [0.25, 0.3) is 0 Å². The second-order valence-corrected chi connectivity index (χ2v) is 13.6. The monoisotopic (exact) mass is 544 g/mol. The van der Waals surface area contributed by atoms with E-state index in [1.165, 1.54) is 128 Å². The van der Waals surface area contributed by atoms with Gasteiger partial charge in [-0.05, 0) is 33.6 Å². The maximum absolute atomic E-state index is 5.95. The van der Waals surface area contributed by atoms with Gasteiger partial charge in [0.05, 0.1) is 13.2 Å². The molecule has 37 heavy (non-hydrogen) atoms. The van der Waals surface area contributed by atoms with Crippen LogP contribution in [0.15, 0.2) is 0 Å². The number of hydrogen-bond acceptors (Lipinski definition) is 5. The second-order valence-electron chi connectivity index (χ2n) is 10.8. The van der Waals surface area contributed by atoms with Crippen LogP contribution < -0.4 is 0 Å². The fourth-order valence-electron chi connectivity index (χ4n) is 5.11. The van der Waals surface area contributed by atoms with Crippen molar-refractivity contribution >= 4 is 8.80 Å². The minimum atomic E-state index is -2.42. The lowest BCUT2D eigenvalue weighted by Gasteiger charge is -2.28. The van der Waals surface area contributed by atoms with Crippen molar-refractivity contribution in [3.05, 3.63) is 0 Å². The molecular weight excluding hydrogens is 480 g/mol. The Bertz CT molecular complexity index is 444. The first-order chi connectivity index (χ1) is 18.3. The molecule has 1 rings (SSSR count). The van der Waals surface area contributed by atoms with Crippen LogP contribution >= 0.6 is 0 Å². The Labute approximate surface area is 232 Å². The van der Waals surface area contributed by atoms with Gasteiger partial charge in [0.2, 0.25) is 0 Å². The van der Waals surface area contributed by atoms with E-state index in [9.17, 15) is 0 Å². The molecule has 0 aromatic carbocycles. The standard InChI is InChI=1S/C31H64O5Si/c1-4-34-37(35-5-2,36-6-3)28-26-24-22-20-18-16-14-12-10-8-7-9-11-13-15-17-19-21-23-25-27-32-29-31-30-33-31/h31H,4-30H2,1-3H3. The molecule has 1 aliphatic heterocycles. The van der Waals surface area contributed by atoms with E-state index in [2.05, 4.69) is 0 Å². The van der Waals surface area contributed by atoms with E-state index < -0.39 is 8.80 Å². The summed E-state index contributed by atoms with van der Waals surface area (Å²) in [5.74, 6) is 0. The van der Waals surface area contributed by atoms with Gasteiger partial charge in [-0.15, -0.1) is 0 Å². The Morgan fingerprint density at radius 1 is 0.514 bits per heavy atom. The zero-order valence-corrected chi connectivity index (χ0v) is 26.2. The van der Waals surface area contributed by atoms with E-state index in [-0.39, 0.29) is 0 Å². The third-order valence-electron chi connectivity index (χ3n) is 7.32. The molecule has 0 radical (unpaired) electrons. The molecule has 0 N–H and O–H groups in total. The van der Waals surface area contributed by atoms with Crippen LogP contribution in [0.2, 0.25) is 6.04 Å². The van der Waals surface area contributed by atoms with E-state index in [1.807, 2.05) is 20.8 Å². The highest BCUT2D eigenvalue weighted by Crippen LogP contribution is 2.21. The summed E-state index contributed by atoms with van der Waals surface area (Å²) < 4.78 is 28.6. The zero-order chi connectivity index (χ0) is 26.7. The van der Waals surface area contributed by atoms with E-state index in [1.54, 1.807) is 0 Å². The van der Waals surface area contributed by atoms with Crippen molar-refractivity contribution in [3.63, 3.8) is 0 Å². The molecule has 0 spiro atoms. The van der Waals surface area contributed by atoms with Crippen LogP contribution in [0.25, 0.3) is 0 Å². The first kappa shape index (κ1) is 35.0. The summed E-state index contributed by atoms with van der Waals surface area (Å²) in [6, 6.07) is 0.968. The van der Waals surface area contributed by atoms with E-state index >= 15 is 0 Å². The summed E-state index contributed by atoms with van der Waals surface area (Å²) >= 11 is 0. The van der Waals surface area contributed by atoms with Crippen molar-refractivity contribution in [3.8, 4) is 0 Å². The summed E-state index contributed by atoms with van der Waals surface area (Å²) in [6.07, 6.45) is 28.1. The molecule has 222 valence electrons. The van der Waals surface area contributed by atoms with Gasteiger partial charge in [-0.2, -0.15) is 0 Å². The number of ether oxygens (including phenoxy) is 2. The van der Waals surface area contributed by atoms with Gasteiger partial charge in [-0.3, -0.25) is 0 Å². The lowest BCUT2D eigenvalue weighted by molar-refractivity contribution is 0.0706. The second kappa shape index (κ2) is 26.3. The number of rotatable bonds is 31. The van der Waals surface area contributed by atoms with Crippen molar-refractivity contribution in [1.82, 2.24) is 0 Å². The number of unbranched alkanes of at least 4 members (excludes halogenated alkanes) is 19. The average Bonchev–Trinajstić information content (AvgIpc) is 3.71. The molecule has 1 fully saturated rings. The fraction of sp³-hybridized carbons (Fsp3) is 1.00. The molecule has 0 bridgehead atoms. The third kappa shape index (κ3) is 22.5. The first-order valence-corrected chi connectivity index (χ1v) is 18.3. The van der Waals surface area contributed by atoms with Crippen molar-refractivity contribution in [2.45, 2.75) is 161 Å². The Kier molecular flexibility index (Phi) is 24.9. The van der Waals surface area contributed by atoms with Crippen LogP contribution in [0.5, 0.6) is 0 Å². The minimum Gasteiger partial charge on any atom is -0.379 e. The van der Waals surface area contributed by atoms with Crippen LogP contribution in [-0.2, 0) is 22.8 Å². The summed E-state index contributed by atoms with van der Waals surface area (Å²) in [6.45, 7) is 10.8. The molecule has 0 saturated carbocycles. The van der Waals surface area contributed by atoms with Crippen LogP contribution in [0.1, 0.15) is 149 Å². The maximum atomic E-state index is 5.95. The molecule has 1 atom stereocenters. The van der Waals surface area contributed by atoms with Crippen LogP contribution in [0.3, 0.4) is 0 Å². The van der Waals surface area contributed by atoms with Crippen molar-refractivity contribution < 1.29 is 22.8 Å². The molecule has 6 heteroatoms. The Morgan fingerprint density at radius 3 is 1.16 bits per heavy atom. The van der Waals surface area contributed by atoms with Gasteiger partial charge in [-0.1, -0.05) is 116 Å². The molecule has 1 unspecified atom stereocenters. The summed E-state index contributed by atoms with van der Waals surface area (Å²) in [7, 11) is -2.42. The Morgan fingerprint density at radius 2 is 0.838 bits per heavy atom. The minimum absolute atomic E-state index is 0.416. The highest BCUT2D eigenvalue weighted by atomic mass is 28.4. The fourth-order valence-corrected chi connectivity index (χ4v) is 7.79. The lowest BCUT2D eigenvalue weighted by atomic mass is 10.0. The van der Waals surface area contributed by atoms with Gasteiger partial charge in [0.1, 0.15) is 6.10 Å². The van der Waals surface area contributed by atoms with Crippen molar-refractivity contribution in [2.75, 3.05) is 39.6 Å². The molecule has 1 aliphatic rings. The maximum Gasteiger partial charge on any atom is 0.500 e. The predicted molar refractivity (Wildman–Crippen MR) is 158 cm³/mol. The van der Waals surface area contributed by atoms with E-state index in [0.717, 1.165) is 25.9 Å². The Balaban J connectivity index is 1.73. The van der Waals surface area contributed by atoms with Crippen molar-refractivity contribution in [2.24, 2.45) is 0 Å². The van der Waals surface area contributed by atoms with Crippen LogP contribution in [0, 0.1) is 0 Å². The van der Waals surface area contributed by atoms with E-state index in [4.69, 9.17) is 22.8 Å². The molecule has 0 amide bonds. The van der Waals surface area contributed by atoms with Gasteiger partial charge in [0, 0.05) is 32.5 Å². The van der Waals surface area contributed by atoms with Crippen molar-refractivity contribution in [1.29, 1.82) is 0 Å². The average molecular weight is 545 g/mol. The molecule has 0 aromatic heterocycles. The lowest BCUT2D eigenvalue weighted by Crippen LogP contribution is -2.45. The molecule has 5 nitrogen and oxygen atoms in total. The molecule has 1 saturated heterocycles. The highest BCUT2D eigenvalue weighted by molar-refractivity contribution is 6.60. The normalized spacial score (nSPS) is 15.5. The Hall–Kier alpha value is 0.0169. The summed E-state index contributed by atoms with van der Waals surface area (Å²) in [4.78, 5) is 0. The SMILES string of the molecule is CCO[Si](CCCCCCCCCCCCCCCCCCCCCCOCC1CO1)(OCC)OCC. The van der Waals surface area contributed by atoms with Gasteiger partial charge >= 0.3 is 8.80 Å². The largest absolute Gasteiger partial charge is 0.500 e. The van der Waals surface area contributed by atoms with Gasteiger partial charge < -0.3 is 22.8 Å². The summed E-state index contributed by atoms with van der Waals surface area (Å²) in [5, 5.41) is 0. The first-order valence-electron chi connectivity index (χ1n) is 16.4. The van der Waals surface area contributed by atoms with Crippen LogP contribution in [-0.4, -0.2) is 54.5 Å². The smallest absolute Gasteiger partial charge is 0.379 e. The molecular formula is C31H64O5Si. The van der Waals surface area contributed by atoms with Gasteiger partial charge in [0.15, 0.2) is 0 Å². The molecule has 1 heterocycles. The number of epoxide rings is 1. The summed E-state index contributed by atoms with van der Waals surface area (Å²) in [5.41, 5.74) is 0.